The van der Waals surface area contributed by atoms with E-state index >= 15 is 0 Å². The first-order chi connectivity index (χ1) is 9.40. The van der Waals surface area contributed by atoms with Crippen LogP contribution in [0.25, 0.3) is 0 Å². The van der Waals surface area contributed by atoms with Crippen molar-refractivity contribution in [2.45, 2.75) is 39.3 Å². The van der Waals surface area contributed by atoms with Gasteiger partial charge in [0.2, 0.25) is 0 Å². The van der Waals surface area contributed by atoms with Crippen molar-refractivity contribution in [3.63, 3.8) is 0 Å². The van der Waals surface area contributed by atoms with Gasteiger partial charge in [-0.1, -0.05) is 37.3 Å². The Balaban J connectivity index is 1.65. The maximum atomic E-state index is 4.21. The first-order valence-corrected chi connectivity index (χ1v) is 7.14. The van der Waals surface area contributed by atoms with Crippen molar-refractivity contribution in [3.05, 3.63) is 54.1 Å². The van der Waals surface area contributed by atoms with Gasteiger partial charge >= 0.3 is 0 Å². The Morgan fingerprint density at radius 3 is 2.84 bits per heavy atom. The molecule has 1 heterocycles. The molecule has 0 amide bonds. The average Bonchev–Trinajstić information content (AvgIpc) is 2.88. The van der Waals surface area contributed by atoms with Crippen LogP contribution in [0.15, 0.2) is 42.9 Å². The van der Waals surface area contributed by atoms with Crippen LogP contribution in [0.1, 0.15) is 31.0 Å². The van der Waals surface area contributed by atoms with Gasteiger partial charge in [-0.15, -0.1) is 0 Å². The molecule has 0 saturated carbocycles. The monoisotopic (exact) mass is 257 g/mol. The van der Waals surface area contributed by atoms with Crippen molar-refractivity contribution in [1.29, 1.82) is 0 Å². The third-order valence-corrected chi connectivity index (χ3v) is 3.23. The molecule has 19 heavy (non-hydrogen) atoms. The second-order valence-corrected chi connectivity index (χ2v) is 4.84. The van der Waals surface area contributed by atoms with Crippen LogP contribution in [0.5, 0.6) is 0 Å². The molecule has 0 radical (unpaired) electrons. The first kappa shape index (κ1) is 13.8. The number of rotatable bonds is 8. The van der Waals surface area contributed by atoms with Crippen LogP contribution < -0.4 is 5.32 Å². The SMILES string of the molecule is CCCn1cncc1CNCCCc1ccccc1. The normalized spacial score (nSPS) is 10.8. The number of benzene rings is 1. The van der Waals surface area contributed by atoms with Gasteiger partial charge in [0.1, 0.15) is 0 Å². The highest BCUT2D eigenvalue weighted by molar-refractivity contribution is 5.14. The molecule has 2 aromatic rings. The summed E-state index contributed by atoms with van der Waals surface area (Å²) in [6.45, 7) is 5.21. The Kier molecular flexibility index (Phi) is 5.63. The quantitative estimate of drug-likeness (QED) is 0.737. The minimum Gasteiger partial charge on any atom is -0.333 e. The van der Waals surface area contributed by atoms with Crippen LogP contribution in [0.4, 0.5) is 0 Å². The van der Waals surface area contributed by atoms with Crippen molar-refractivity contribution in [1.82, 2.24) is 14.9 Å². The van der Waals surface area contributed by atoms with E-state index in [1.807, 2.05) is 12.5 Å². The number of imidazole rings is 1. The average molecular weight is 257 g/mol. The van der Waals surface area contributed by atoms with Crippen molar-refractivity contribution in [2.75, 3.05) is 6.54 Å². The molecule has 0 atom stereocenters. The van der Waals surface area contributed by atoms with E-state index in [4.69, 9.17) is 0 Å². The second kappa shape index (κ2) is 7.74. The number of nitrogens with zero attached hydrogens (tertiary/aromatic N) is 2. The number of hydrogen-bond acceptors (Lipinski definition) is 2. The van der Waals surface area contributed by atoms with Gasteiger partial charge in [0.25, 0.3) is 0 Å². The van der Waals surface area contributed by atoms with Crippen LogP contribution >= 0.6 is 0 Å². The Morgan fingerprint density at radius 2 is 2.05 bits per heavy atom. The summed E-state index contributed by atoms with van der Waals surface area (Å²) >= 11 is 0. The summed E-state index contributed by atoms with van der Waals surface area (Å²) in [6, 6.07) is 10.7. The summed E-state index contributed by atoms with van der Waals surface area (Å²) in [5.41, 5.74) is 2.70. The molecule has 3 nitrogen and oxygen atoms in total. The zero-order valence-electron chi connectivity index (χ0n) is 11.7. The van der Waals surface area contributed by atoms with E-state index in [-0.39, 0.29) is 0 Å². The fourth-order valence-electron chi connectivity index (χ4n) is 2.22. The zero-order chi connectivity index (χ0) is 13.3. The van der Waals surface area contributed by atoms with Crippen LogP contribution in [0, 0.1) is 0 Å². The van der Waals surface area contributed by atoms with Crippen molar-refractivity contribution < 1.29 is 0 Å². The van der Waals surface area contributed by atoms with E-state index in [0.29, 0.717) is 0 Å². The minimum atomic E-state index is 0.911. The van der Waals surface area contributed by atoms with Crippen LogP contribution in [0.2, 0.25) is 0 Å². The van der Waals surface area contributed by atoms with Crippen molar-refractivity contribution >= 4 is 0 Å². The first-order valence-electron chi connectivity index (χ1n) is 7.14. The molecule has 0 aliphatic heterocycles. The summed E-state index contributed by atoms with van der Waals surface area (Å²) in [5, 5.41) is 3.50. The summed E-state index contributed by atoms with van der Waals surface area (Å²) in [6.07, 6.45) is 7.34. The van der Waals surface area contributed by atoms with Gasteiger partial charge < -0.3 is 9.88 Å². The lowest BCUT2D eigenvalue weighted by atomic mass is 10.1. The summed E-state index contributed by atoms with van der Waals surface area (Å²) in [5.74, 6) is 0. The lowest BCUT2D eigenvalue weighted by Crippen LogP contribution is -2.17. The maximum Gasteiger partial charge on any atom is 0.0948 e. The number of aromatic nitrogens is 2. The van der Waals surface area contributed by atoms with Gasteiger partial charge in [-0.25, -0.2) is 4.98 Å². The molecular formula is C16H23N3. The predicted octanol–water partition coefficient (Wildman–Crippen LogP) is 3.02. The topological polar surface area (TPSA) is 29.9 Å². The molecule has 0 aliphatic rings. The third-order valence-electron chi connectivity index (χ3n) is 3.23. The summed E-state index contributed by atoms with van der Waals surface area (Å²) < 4.78 is 2.23. The van der Waals surface area contributed by atoms with E-state index in [9.17, 15) is 0 Å². The number of hydrogen-bond donors (Lipinski definition) is 1. The smallest absolute Gasteiger partial charge is 0.0948 e. The maximum absolute atomic E-state index is 4.21. The minimum absolute atomic E-state index is 0.911. The summed E-state index contributed by atoms with van der Waals surface area (Å²) in [7, 11) is 0. The Morgan fingerprint density at radius 1 is 1.21 bits per heavy atom. The van der Waals surface area contributed by atoms with E-state index in [2.05, 4.69) is 52.1 Å². The third kappa shape index (κ3) is 4.52. The lowest BCUT2D eigenvalue weighted by molar-refractivity contribution is 0.590. The van der Waals surface area contributed by atoms with Gasteiger partial charge in [0.15, 0.2) is 0 Å². The van der Waals surface area contributed by atoms with Crippen LogP contribution in [0.3, 0.4) is 0 Å². The van der Waals surface area contributed by atoms with E-state index in [1.165, 1.54) is 17.7 Å². The molecule has 1 N–H and O–H groups in total. The molecule has 0 aliphatic carbocycles. The standard InChI is InChI=1S/C16H23N3/c1-2-11-19-14-18-13-16(19)12-17-10-6-9-15-7-4-3-5-8-15/h3-5,7-8,13-14,17H,2,6,9-12H2,1H3. The van der Waals surface area contributed by atoms with Gasteiger partial charge in [-0.2, -0.15) is 0 Å². The highest BCUT2D eigenvalue weighted by atomic mass is 15.1. The molecular weight excluding hydrogens is 234 g/mol. The fourth-order valence-corrected chi connectivity index (χ4v) is 2.22. The van der Waals surface area contributed by atoms with Gasteiger partial charge in [-0.3, -0.25) is 0 Å². The molecule has 1 aromatic heterocycles. The van der Waals surface area contributed by atoms with Crippen molar-refractivity contribution in [3.8, 4) is 0 Å². The second-order valence-electron chi connectivity index (χ2n) is 4.84. The van der Waals surface area contributed by atoms with Gasteiger partial charge in [-0.05, 0) is 31.4 Å². The molecule has 3 heteroatoms. The van der Waals surface area contributed by atoms with E-state index < -0.39 is 0 Å². The Hall–Kier alpha value is -1.61. The largest absolute Gasteiger partial charge is 0.333 e. The Labute approximate surface area is 115 Å². The van der Waals surface area contributed by atoms with E-state index in [0.717, 1.165) is 32.5 Å². The highest BCUT2D eigenvalue weighted by Gasteiger charge is 2.00. The number of nitrogens with one attached hydrogen (secondary N) is 1. The van der Waals surface area contributed by atoms with Gasteiger partial charge in [0, 0.05) is 19.3 Å². The number of aryl methyl sites for hydroxylation is 2. The van der Waals surface area contributed by atoms with Gasteiger partial charge in [0.05, 0.1) is 12.0 Å². The predicted molar refractivity (Wildman–Crippen MR) is 79.0 cm³/mol. The molecule has 0 bridgehead atoms. The Bertz CT molecular complexity index is 462. The molecule has 0 saturated heterocycles. The van der Waals surface area contributed by atoms with E-state index in [1.54, 1.807) is 0 Å². The molecule has 102 valence electrons. The molecule has 0 unspecified atom stereocenters. The molecule has 0 spiro atoms. The summed E-state index contributed by atoms with van der Waals surface area (Å²) in [4.78, 5) is 4.21. The highest BCUT2D eigenvalue weighted by Crippen LogP contribution is 2.03. The molecule has 0 fully saturated rings. The lowest BCUT2D eigenvalue weighted by Gasteiger charge is -2.08. The van der Waals surface area contributed by atoms with Crippen LogP contribution in [-0.2, 0) is 19.5 Å². The fraction of sp³-hybridized carbons (Fsp3) is 0.438. The van der Waals surface area contributed by atoms with Crippen molar-refractivity contribution in [2.24, 2.45) is 0 Å². The van der Waals surface area contributed by atoms with Crippen LogP contribution in [-0.4, -0.2) is 16.1 Å². The molecule has 2 rings (SSSR count). The molecule has 1 aromatic carbocycles. The zero-order valence-corrected chi connectivity index (χ0v) is 11.7.